The number of aromatic carboxylic acids is 1. The molecule has 1 N–H and O–H groups in total. The van der Waals surface area contributed by atoms with Crippen LogP contribution in [0.3, 0.4) is 0 Å². The van der Waals surface area contributed by atoms with Crippen LogP contribution in [0.15, 0.2) is 59.9 Å². The first-order valence-electron chi connectivity index (χ1n) is 6.39. The van der Waals surface area contributed by atoms with Gasteiger partial charge in [0.15, 0.2) is 0 Å². The number of carboxylic acids is 1. The Morgan fingerprint density at radius 2 is 1.90 bits per heavy atom. The molecule has 21 heavy (non-hydrogen) atoms. The van der Waals surface area contributed by atoms with Gasteiger partial charge in [-0.1, -0.05) is 12.1 Å². The summed E-state index contributed by atoms with van der Waals surface area (Å²) >= 11 is 1.42. The maximum absolute atomic E-state index is 11.1. The summed E-state index contributed by atoms with van der Waals surface area (Å²) in [6.45, 7) is 0. The summed E-state index contributed by atoms with van der Waals surface area (Å²) in [5, 5.41) is 10.8. The number of hydrogen-bond acceptors (Lipinski definition) is 4. The van der Waals surface area contributed by atoms with Gasteiger partial charge in [-0.05, 0) is 35.9 Å². The number of carboxylic acid groups (broad SMARTS) is 1. The standard InChI is InChI=1S/C16H12N2O2S/c19-16(20)13-4-2-8-18-15(13)21-10-11-5-6-14-12(9-11)3-1-7-17-14/h1-9H,10H2,(H,19,20). The molecule has 4 nitrogen and oxygen atoms in total. The molecule has 0 bridgehead atoms. The third-order valence-electron chi connectivity index (χ3n) is 3.04. The highest BCUT2D eigenvalue weighted by Gasteiger charge is 2.11. The molecule has 0 radical (unpaired) electrons. The maximum Gasteiger partial charge on any atom is 0.338 e. The molecule has 0 aliphatic rings. The number of fused-ring (bicyclic) bond motifs is 1. The molecule has 1 aromatic carbocycles. The SMILES string of the molecule is O=C(O)c1cccnc1SCc1ccc2ncccc2c1. The first-order valence-corrected chi connectivity index (χ1v) is 7.37. The fourth-order valence-corrected chi connectivity index (χ4v) is 2.96. The molecule has 0 aliphatic heterocycles. The van der Waals surface area contributed by atoms with Crippen LogP contribution < -0.4 is 0 Å². The molecule has 0 saturated heterocycles. The van der Waals surface area contributed by atoms with E-state index >= 15 is 0 Å². The van der Waals surface area contributed by atoms with Crippen LogP contribution >= 0.6 is 11.8 Å². The monoisotopic (exact) mass is 296 g/mol. The number of rotatable bonds is 4. The molecule has 0 unspecified atom stereocenters. The van der Waals surface area contributed by atoms with Crippen molar-refractivity contribution in [1.82, 2.24) is 9.97 Å². The number of aromatic nitrogens is 2. The quantitative estimate of drug-likeness (QED) is 0.745. The summed E-state index contributed by atoms with van der Waals surface area (Å²) in [6, 6.07) is 13.2. The Kier molecular flexibility index (Phi) is 3.83. The second-order valence-electron chi connectivity index (χ2n) is 4.48. The van der Waals surface area contributed by atoms with Crippen LogP contribution in [0.2, 0.25) is 0 Å². The van der Waals surface area contributed by atoms with Crippen molar-refractivity contribution >= 4 is 28.6 Å². The van der Waals surface area contributed by atoms with E-state index in [-0.39, 0.29) is 5.56 Å². The number of pyridine rings is 2. The lowest BCUT2D eigenvalue weighted by molar-refractivity contribution is 0.0692. The molecule has 104 valence electrons. The fraction of sp³-hybridized carbons (Fsp3) is 0.0625. The third kappa shape index (κ3) is 3.03. The maximum atomic E-state index is 11.1. The van der Waals surface area contributed by atoms with Crippen LogP contribution in [0.4, 0.5) is 0 Å². The van der Waals surface area contributed by atoms with E-state index in [2.05, 4.69) is 16.0 Å². The normalized spacial score (nSPS) is 10.7. The van der Waals surface area contributed by atoms with Gasteiger partial charge in [-0.15, -0.1) is 11.8 Å². The van der Waals surface area contributed by atoms with E-state index in [1.807, 2.05) is 24.3 Å². The molecule has 0 aliphatic carbocycles. The predicted octanol–water partition coefficient (Wildman–Crippen LogP) is 3.62. The van der Waals surface area contributed by atoms with Crippen LogP contribution in [-0.2, 0) is 5.75 Å². The number of thioether (sulfide) groups is 1. The van der Waals surface area contributed by atoms with Gasteiger partial charge in [0.1, 0.15) is 5.03 Å². The summed E-state index contributed by atoms with van der Waals surface area (Å²) in [4.78, 5) is 19.6. The van der Waals surface area contributed by atoms with Crippen molar-refractivity contribution in [2.45, 2.75) is 10.8 Å². The first kappa shape index (κ1) is 13.6. The van der Waals surface area contributed by atoms with Crippen molar-refractivity contribution in [3.05, 3.63) is 66.0 Å². The second-order valence-corrected chi connectivity index (χ2v) is 5.44. The Morgan fingerprint density at radius 3 is 2.76 bits per heavy atom. The van der Waals surface area contributed by atoms with Gasteiger partial charge in [-0.3, -0.25) is 4.98 Å². The minimum atomic E-state index is -0.951. The molecule has 0 saturated carbocycles. The molecule has 5 heteroatoms. The average Bonchev–Trinajstić information content (AvgIpc) is 2.53. The van der Waals surface area contributed by atoms with Crippen LogP contribution in [0.1, 0.15) is 15.9 Å². The van der Waals surface area contributed by atoms with Crippen LogP contribution in [0.25, 0.3) is 10.9 Å². The van der Waals surface area contributed by atoms with E-state index < -0.39 is 5.97 Å². The minimum absolute atomic E-state index is 0.241. The Balaban J connectivity index is 1.82. The molecule has 0 spiro atoms. The van der Waals surface area contributed by atoms with E-state index in [1.165, 1.54) is 11.8 Å². The lowest BCUT2D eigenvalue weighted by atomic mass is 10.1. The highest BCUT2D eigenvalue weighted by Crippen LogP contribution is 2.25. The van der Waals surface area contributed by atoms with Crippen LogP contribution in [0.5, 0.6) is 0 Å². The summed E-state index contributed by atoms with van der Waals surface area (Å²) < 4.78 is 0. The van der Waals surface area contributed by atoms with Gasteiger partial charge in [-0.2, -0.15) is 0 Å². The first-order chi connectivity index (χ1) is 10.2. The topological polar surface area (TPSA) is 63.1 Å². The van der Waals surface area contributed by atoms with E-state index in [9.17, 15) is 4.79 Å². The van der Waals surface area contributed by atoms with Gasteiger partial charge in [0, 0.05) is 23.5 Å². The number of nitrogens with zero attached hydrogens (tertiary/aromatic N) is 2. The zero-order chi connectivity index (χ0) is 14.7. The van der Waals surface area contributed by atoms with Gasteiger partial charge in [-0.25, -0.2) is 9.78 Å². The highest BCUT2D eigenvalue weighted by molar-refractivity contribution is 7.98. The van der Waals surface area contributed by atoms with Crippen molar-refractivity contribution in [2.24, 2.45) is 0 Å². The van der Waals surface area contributed by atoms with E-state index in [1.54, 1.807) is 24.5 Å². The lowest BCUT2D eigenvalue weighted by Crippen LogP contribution is -2.00. The minimum Gasteiger partial charge on any atom is -0.478 e. The summed E-state index contributed by atoms with van der Waals surface area (Å²) in [7, 11) is 0. The highest BCUT2D eigenvalue weighted by atomic mass is 32.2. The summed E-state index contributed by atoms with van der Waals surface area (Å²) in [5.74, 6) is -0.282. The van der Waals surface area contributed by atoms with Crippen LogP contribution in [0, 0.1) is 0 Å². The van der Waals surface area contributed by atoms with Gasteiger partial charge in [0.05, 0.1) is 11.1 Å². The molecule has 2 heterocycles. The van der Waals surface area contributed by atoms with Gasteiger partial charge in [0.2, 0.25) is 0 Å². The molecule has 0 fully saturated rings. The molecule has 3 rings (SSSR count). The van der Waals surface area contributed by atoms with Crippen molar-refractivity contribution < 1.29 is 9.90 Å². The molecule has 0 atom stereocenters. The molecule has 2 aromatic heterocycles. The van der Waals surface area contributed by atoms with Crippen molar-refractivity contribution in [3.8, 4) is 0 Å². The Hall–Kier alpha value is -2.40. The lowest BCUT2D eigenvalue weighted by Gasteiger charge is -2.05. The molecule has 0 amide bonds. The molecular weight excluding hydrogens is 284 g/mol. The number of benzene rings is 1. The van der Waals surface area contributed by atoms with Crippen molar-refractivity contribution in [1.29, 1.82) is 0 Å². The van der Waals surface area contributed by atoms with E-state index in [4.69, 9.17) is 5.11 Å². The summed E-state index contributed by atoms with van der Waals surface area (Å²) in [5.41, 5.74) is 2.31. The van der Waals surface area contributed by atoms with Gasteiger partial charge < -0.3 is 5.11 Å². The molecule has 3 aromatic rings. The number of carbonyl (C=O) groups is 1. The van der Waals surface area contributed by atoms with Crippen LogP contribution in [-0.4, -0.2) is 21.0 Å². The van der Waals surface area contributed by atoms with Crippen molar-refractivity contribution in [2.75, 3.05) is 0 Å². The smallest absolute Gasteiger partial charge is 0.338 e. The Bertz CT molecular complexity index is 805. The molecular formula is C16H12N2O2S. The second kappa shape index (κ2) is 5.93. The van der Waals surface area contributed by atoms with E-state index in [0.29, 0.717) is 10.8 Å². The van der Waals surface area contributed by atoms with Crippen molar-refractivity contribution in [3.63, 3.8) is 0 Å². The average molecular weight is 296 g/mol. The predicted molar refractivity (Wildman–Crippen MR) is 82.5 cm³/mol. The largest absolute Gasteiger partial charge is 0.478 e. The van der Waals surface area contributed by atoms with Gasteiger partial charge in [0.25, 0.3) is 0 Å². The fourth-order valence-electron chi connectivity index (χ4n) is 2.04. The Labute approximate surface area is 125 Å². The summed E-state index contributed by atoms with van der Waals surface area (Å²) in [6.07, 6.45) is 3.38. The third-order valence-corrected chi connectivity index (χ3v) is 4.12. The van der Waals surface area contributed by atoms with Gasteiger partial charge >= 0.3 is 5.97 Å². The Morgan fingerprint density at radius 1 is 1.10 bits per heavy atom. The zero-order valence-electron chi connectivity index (χ0n) is 11.1. The number of hydrogen-bond donors (Lipinski definition) is 1. The zero-order valence-corrected chi connectivity index (χ0v) is 11.9. The van der Waals surface area contributed by atoms with E-state index in [0.717, 1.165) is 16.5 Å².